The maximum atomic E-state index is 13.8. The van der Waals surface area contributed by atoms with Crippen LogP contribution in [0.4, 0.5) is 0 Å². The third-order valence-electron chi connectivity index (χ3n) is 6.85. The highest BCUT2D eigenvalue weighted by Crippen LogP contribution is 2.46. The standard InChI is InChI=1S/C27H29N3O3S3/c1-3-29(4-2)36(32,33)22-14-12-19(13-15-22)27(31)30-26(24-11-7-17-35-24)23-10-5-8-20(25(23)28-30)18-21-9-6-16-34-21/h6-7,9,11-18,23,26H,3-5,8,10H2,1-2H3/b20-18-/t23-,26-/m1/s1. The van der Waals surface area contributed by atoms with Gasteiger partial charge in [-0.3, -0.25) is 4.79 Å². The maximum absolute atomic E-state index is 13.8. The fraction of sp³-hybridized carbons (Fsp3) is 0.333. The van der Waals surface area contributed by atoms with E-state index in [4.69, 9.17) is 5.10 Å². The molecule has 0 bridgehead atoms. The topological polar surface area (TPSA) is 70.1 Å². The quantitative estimate of drug-likeness (QED) is 0.355. The number of nitrogens with zero attached hydrogens (tertiary/aromatic N) is 3. The number of sulfonamides is 1. The summed E-state index contributed by atoms with van der Waals surface area (Å²) in [5, 5.41) is 10.7. The summed E-state index contributed by atoms with van der Waals surface area (Å²) < 4.78 is 27.2. The zero-order valence-corrected chi connectivity index (χ0v) is 22.8. The lowest BCUT2D eigenvalue weighted by atomic mass is 9.79. The third kappa shape index (κ3) is 4.61. The summed E-state index contributed by atoms with van der Waals surface area (Å²) in [4.78, 5) is 16.3. The minimum atomic E-state index is -3.58. The maximum Gasteiger partial charge on any atom is 0.274 e. The molecule has 1 fully saturated rings. The van der Waals surface area contributed by atoms with Crippen LogP contribution in [0.15, 0.2) is 74.9 Å². The van der Waals surface area contributed by atoms with E-state index >= 15 is 0 Å². The van der Waals surface area contributed by atoms with Crippen molar-refractivity contribution in [1.82, 2.24) is 9.31 Å². The molecule has 0 saturated heterocycles. The SMILES string of the molecule is CCN(CC)S(=O)(=O)c1ccc(C(=O)N2N=C3/C(=C\c4cccs4)CCC[C@H]3[C@@H]2c2cccs2)cc1. The number of hydrogen-bond acceptors (Lipinski definition) is 6. The number of carbonyl (C=O) groups excluding carboxylic acids is 1. The molecule has 0 N–H and O–H groups in total. The van der Waals surface area contributed by atoms with Crippen molar-refractivity contribution < 1.29 is 13.2 Å². The number of benzene rings is 1. The molecule has 9 heteroatoms. The predicted molar refractivity (Wildman–Crippen MR) is 147 cm³/mol. The van der Waals surface area contributed by atoms with E-state index in [0.29, 0.717) is 18.7 Å². The number of amides is 1. The van der Waals surface area contributed by atoms with Gasteiger partial charge in [0.25, 0.3) is 5.91 Å². The number of hydrazone groups is 1. The number of rotatable bonds is 7. The molecule has 1 amide bonds. The van der Waals surface area contributed by atoms with Gasteiger partial charge in [-0.1, -0.05) is 26.0 Å². The number of hydrogen-bond donors (Lipinski definition) is 0. The van der Waals surface area contributed by atoms with Crippen LogP contribution in [0, 0.1) is 5.92 Å². The minimum Gasteiger partial charge on any atom is -0.267 e. The third-order valence-corrected chi connectivity index (χ3v) is 10.7. The van der Waals surface area contributed by atoms with Gasteiger partial charge in [-0.05, 0) is 78.1 Å². The Kier molecular flexibility index (Phi) is 7.25. The summed E-state index contributed by atoms with van der Waals surface area (Å²) in [5.74, 6) is -0.0626. The molecule has 1 aliphatic heterocycles. The Morgan fingerprint density at radius 3 is 2.44 bits per heavy atom. The first kappa shape index (κ1) is 25.1. The highest BCUT2D eigenvalue weighted by molar-refractivity contribution is 7.89. The first-order valence-corrected chi connectivity index (χ1v) is 15.4. The van der Waals surface area contributed by atoms with Crippen molar-refractivity contribution in [3.8, 4) is 0 Å². The van der Waals surface area contributed by atoms with E-state index in [1.165, 1.54) is 26.9 Å². The van der Waals surface area contributed by atoms with Gasteiger partial charge >= 0.3 is 0 Å². The average molecular weight is 540 g/mol. The molecule has 3 heterocycles. The first-order valence-electron chi connectivity index (χ1n) is 12.2. The lowest BCUT2D eigenvalue weighted by Gasteiger charge is -2.28. The van der Waals surface area contributed by atoms with Crippen LogP contribution in [-0.4, -0.2) is 42.4 Å². The minimum absolute atomic E-state index is 0.148. The van der Waals surface area contributed by atoms with Crippen molar-refractivity contribution >= 4 is 50.4 Å². The molecule has 188 valence electrons. The van der Waals surface area contributed by atoms with Gasteiger partial charge in [0.2, 0.25) is 10.0 Å². The number of carbonyl (C=O) groups is 1. The molecule has 1 saturated carbocycles. The molecule has 0 unspecified atom stereocenters. The van der Waals surface area contributed by atoms with Crippen LogP contribution < -0.4 is 0 Å². The van der Waals surface area contributed by atoms with Gasteiger partial charge in [-0.2, -0.15) is 9.41 Å². The van der Waals surface area contributed by atoms with E-state index in [2.05, 4.69) is 23.6 Å². The lowest BCUT2D eigenvalue weighted by Crippen LogP contribution is -2.32. The second-order valence-corrected chi connectivity index (χ2v) is 12.8. The van der Waals surface area contributed by atoms with Crippen LogP contribution in [-0.2, 0) is 10.0 Å². The second kappa shape index (κ2) is 10.4. The molecule has 3 aromatic rings. The molecule has 1 aromatic carbocycles. The monoisotopic (exact) mass is 539 g/mol. The summed E-state index contributed by atoms with van der Waals surface area (Å²) in [6.45, 7) is 4.43. The van der Waals surface area contributed by atoms with Gasteiger partial charge in [0.1, 0.15) is 0 Å². The van der Waals surface area contributed by atoms with Crippen molar-refractivity contribution in [1.29, 1.82) is 0 Å². The molecular weight excluding hydrogens is 511 g/mol. The lowest BCUT2D eigenvalue weighted by molar-refractivity contribution is 0.0684. The Morgan fingerprint density at radius 2 is 1.81 bits per heavy atom. The average Bonchev–Trinajstić information content (AvgIpc) is 3.65. The smallest absolute Gasteiger partial charge is 0.267 e. The van der Waals surface area contributed by atoms with E-state index in [0.717, 1.165) is 29.9 Å². The fourth-order valence-electron chi connectivity index (χ4n) is 5.07. The normalized spacial score (nSPS) is 21.1. The second-order valence-electron chi connectivity index (χ2n) is 8.89. The van der Waals surface area contributed by atoms with Gasteiger partial charge in [-0.25, -0.2) is 13.4 Å². The fourth-order valence-corrected chi connectivity index (χ4v) is 8.08. The summed E-state index contributed by atoms with van der Waals surface area (Å²) in [6.07, 6.45) is 5.20. The molecule has 2 aliphatic rings. The Bertz CT molecular complexity index is 1370. The molecular formula is C27H29N3O3S3. The van der Waals surface area contributed by atoms with Gasteiger partial charge in [0.05, 0.1) is 16.6 Å². The predicted octanol–water partition coefficient (Wildman–Crippen LogP) is 6.28. The van der Waals surface area contributed by atoms with Crippen LogP contribution in [0.2, 0.25) is 0 Å². The molecule has 2 aromatic heterocycles. The Hall–Kier alpha value is -2.59. The molecule has 0 spiro atoms. The molecule has 6 nitrogen and oxygen atoms in total. The van der Waals surface area contributed by atoms with Crippen LogP contribution in [0.3, 0.4) is 0 Å². The van der Waals surface area contributed by atoms with Crippen molar-refractivity contribution in [2.24, 2.45) is 11.0 Å². The summed E-state index contributed by atoms with van der Waals surface area (Å²) in [7, 11) is -3.58. The number of allylic oxidation sites excluding steroid dienone is 1. The van der Waals surface area contributed by atoms with E-state index in [1.807, 2.05) is 31.4 Å². The van der Waals surface area contributed by atoms with Crippen molar-refractivity contribution in [2.75, 3.05) is 13.1 Å². The molecule has 36 heavy (non-hydrogen) atoms. The van der Waals surface area contributed by atoms with Gasteiger partial charge in [-0.15, -0.1) is 22.7 Å². The zero-order valence-electron chi connectivity index (χ0n) is 20.3. The van der Waals surface area contributed by atoms with E-state index in [-0.39, 0.29) is 22.8 Å². The number of fused-ring (bicyclic) bond motifs is 1. The molecule has 5 rings (SSSR count). The summed E-state index contributed by atoms with van der Waals surface area (Å²) in [5.41, 5.74) is 2.63. The van der Waals surface area contributed by atoms with Crippen LogP contribution in [0.5, 0.6) is 0 Å². The highest BCUT2D eigenvalue weighted by atomic mass is 32.2. The van der Waals surface area contributed by atoms with Crippen molar-refractivity contribution in [2.45, 2.75) is 44.0 Å². The first-order chi connectivity index (χ1) is 17.4. The van der Waals surface area contributed by atoms with E-state index < -0.39 is 10.0 Å². The van der Waals surface area contributed by atoms with E-state index in [1.54, 1.807) is 39.8 Å². The van der Waals surface area contributed by atoms with Gasteiger partial charge < -0.3 is 0 Å². The number of thiophene rings is 2. The van der Waals surface area contributed by atoms with E-state index in [9.17, 15) is 13.2 Å². The summed E-state index contributed by atoms with van der Waals surface area (Å²) in [6, 6.07) is 14.3. The van der Waals surface area contributed by atoms with Gasteiger partial charge in [0.15, 0.2) is 0 Å². The van der Waals surface area contributed by atoms with Crippen molar-refractivity contribution in [3.63, 3.8) is 0 Å². The van der Waals surface area contributed by atoms with Crippen LogP contribution in [0.1, 0.15) is 59.3 Å². The van der Waals surface area contributed by atoms with Crippen molar-refractivity contribution in [3.05, 3.63) is 80.2 Å². The molecule has 2 atom stereocenters. The largest absolute Gasteiger partial charge is 0.274 e. The van der Waals surface area contributed by atoms with Gasteiger partial charge in [0, 0.05) is 34.3 Å². The summed E-state index contributed by atoms with van der Waals surface area (Å²) >= 11 is 3.34. The highest BCUT2D eigenvalue weighted by Gasteiger charge is 2.44. The molecule has 0 radical (unpaired) electrons. The Labute approximate surface area is 220 Å². The Morgan fingerprint density at radius 1 is 1.08 bits per heavy atom. The van der Waals surface area contributed by atoms with Crippen LogP contribution >= 0.6 is 22.7 Å². The molecule has 1 aliphatic carbocycles. The van der Waals surface area contributed by atoms with Crippen LogP contribution in [0.25, 0.3) is 6.08 Å². The Balaban J connectivity index is 1.49. The zero-order chi connectivity index (χ0) is 25.3.